The molecule has 2 N–H and O–H groups in total. The minimum atomic E-state index is -0.895. The second kappa shape index (κ2) is 6.14. The molecule has 0 aliphatic heterocycles. The van der Waals surface area contributed by atoms with Crippen LogP contribution in [0.4, 0.5) is 5.82 Å². The summed E-state index contributed by atoms with van der Waals surface area (Å²) in [6.45, 7) is 3.69. The Balaban J connectivity index is 2.14. The van der Waals surface area contributed by atoms with Crippen molar-refractivity contribution in [3.05, 3.63) is 42.7 Å². The van der Waals surface area contributed by atoms with Gasteiger partial charge in [-0.1, -0.05) is 44.2 Å². The van der Waals surface area contributed by atoms with E-state index in [1.165, 1.54) is 0 Å². The van der Waals surface area contributed by atoms with E-state index < -0.39 is 12.0 Å². The van der Waals surface area contributed by atoms with Gasteiger partial charge < -0.3 is 10.4 Å². The molecule has 0 fully saturated rings. The average Bonchev–Trinajstić information content (AvgIpc) is 2.45. The van der Waals surface area contributed by atoms with Crippen LogP contribution >= 0.6 is 0 Å². The molecule has 0 aliphatic carbocycles. The van der Waals surface area contributed by atoms with Crippen molar-refractivity contribution in [1.82, 2.24) is 9.97 Å². The van der Waals surface area contributed by atoms with E-state index in [1.54, 1.807) is 12.4 Å². The number of nitrogens with zero attached hydrogens (tertiary/aromatic N) is 2. The molecular weight excluding hydrogens is 254 g/mol. The highest BCUT2D eigenvalue weighted by Gasteiger charge is 2.21. The summed E-state index contributed by atoms with van der Waals surface area (Å²) in [7, 11) is 0. The lowest BCUT2D eigenvalue weighted by atomic mass is 10.1. The molecule has 20 heavy (non-hydrogen) atoms. The molecule has 0 saturated carbocycles. The van der Waals surface area contributed by atoms with E-state index in [4.69, 9.17) is 5.11 Å². The summed E-state index contributed by atoms with van der Waals surface area (Å²) in [5.74, 6) is -0.470. The Bertz CT molecular complexity index is 567. The van der Waals surface area contributed by atoms with E-state index in [9.17, 15) is 4.79 Å². The highest BCUT2D eigenvalue weighted by molar-refractivity contribution is 5.77. The molecule has 2 aromatic rings. The number of nitrogens with one attached hydrogen (secondary N) is 1. The van der Waals surface area contributed by atoms with Gasteiger partial charge in [0.2, 0.25) is 0 Å². The van der Waals surface area contributed by atoms with Gasteiger partial charge in [0.1, 0.15) is 11.9 Å². The van der Waals surface area contributed by atoms with Crippen LogP contribution in [0.1, 0.15) is 13.8 Å². The van der Waals surface area contributed by atoms with E-state index in [2.05, 4.69) is 15.3 Å². The molecule has 2 rings (SSSR count). The summed E-state index contributed by atoms with van der Waals surface area (Å²) in [6.07, 6.45) is 3.19. The lowest BCUT2D eigenvalue weighted by molar-refractivity contribution is -0.138. The van der Waals surface area contributed by atoms with E-state index in [1.807, 2.05) is 44.2 Å². The van der Waals surface area contributed by atoms with Gasteiger partial charge in [0.25, 0.3) is 0 Å². The molecule has 0 bridgehead atoms. The Morgan fingerprint density at radius 3 is 2.35 bits per heavy atom. The first-order chi connectivity index (χ1) is 9.58. The van der Waals surface area contributed by atoms with Crippen molar-refractivity contribution < 1.29 is 9.90 Å². The fraction of sp³-hybridized carbons (Fsp3) is 0.267. The minimum Gasteiger partial charge on any atom is -0.480 e. The number of anilines is 1. The smallest absolute Gasteiger partial charge is 0.326 e. The van der Waals surface area contributed by atoms with E-state index in [0.29, 0.717) is 5.82 Å². The number of rotatable bonds is 5. The molecule has 0 spiro atoms. The Kier molecular flexibility index (Phi) is 4.30. The van der Waals surface area contributed by atoms with Crippen LogP contribution in [0.2, 0.25) is 0 Å². The van der Waals surface area contributed by atoms with Gasteiger partial charge in [-0.15, -0.1) is 0 Å². The van der Waals surface area contributed by atoms with Crippen molar-refractivity contribution in [2.75, 3.05) is 5.32 Å². The van der Waals surface area contributed by atoms with Crippen molar-refractivity contribution in [1.29, 1.82) is 0 Å². The molecule has 0 radical (unpaired) electrons. The van der Waals surface area contributed by atoms with Crippen LogP contribution in [-0.2, 0) is 4.79 Å². The molecule has 5 nitrogen and oxygen atoms in total. The monoisotopic (exact) mass is 271 g/mol. The van der Waals surface area contributed by atoms with Crippen LogP contribution in [-0.4, -0.2) is 27.1 Å². The van der Waals surface area contributed by atoms with Gasteiger partial charge in [-0.25, -0.2) is 9.78 Å². The summed E-state index contributed by atoms with van der Waals surface area (Å²) < 4.78 is 0. The largest absolute Gasteiger partial charge is 0.480 e. The third-order valence-electron chi connectivity index (χ3n) is 2.96. The number of aromatic nitrogens is 2. The Labute approximate surface area is 117 Å². The maximum atomic E-state index is 11.1. The van der Waals surface area contributed by atoms with E-state index in [-0.39, 0.29) is 5.92 Å². The zero-order valence-corrected chi connectivity index (χ0v) is 11.4. The summed E-state index contributed by atoms with van der Waals surface area (Å²) in [5.41, 5.74) is 1.73. The predicted octanol–water partition coefficient (Wildman–Crippen LogP) is 2.66. The number of hydrogen-bond donors (Lipinski definition) is 2. The molecule has 104 valence electrons. The lowest BCUT2D eigenvalue weighted by Gasteiger charge is -2.18. The minimum absolute atomic E-state index is 0.0388. The quantitative estimate of drug-likeness (QED) is 0.874. The fourth-order valence-corrected chi connectivity index (χ4v) is 1.83. The molecular formula is C15H17N3O2. The Morgan fingerprint density at radius 1 is 1.15 bits per heavy atom. The van der Waals surface area contributed by atoms with E-state index in [0.717, 1.165) is 11.3 Å². The van der Waals surface area contributed by atoms with Gasteiger partial charge in [0.05, 0.1) is 18.1 Å². The third kappa shape index (κ3) is 3.32. The van der Waals surface area contributed by atoms with Gasteiger partial charge in [-0.05, 0) is 5.92 Å². The number of carboxylic acids is 1. The molecule has 0 unspecified atom stereocenters. The number of benzene rings is 1. The zero-order chi connectivity index (χ0) is 14.5. The third-order valence-corrected chi connectivity index (χ3v) is 2.96. The van der Waals surface area contributed by atoms with Crippen molar-refractivity contribution in [3.8, 4) is 11.3 Å². The first-order valence-electron chi connectivity index (χ1n) is 6.44. The number of carboxylic acid groups (broad SMARTS) is 1. The Morgan fingerprint density at radius 2 is 1.85 bits per heavy atom. The number of aliphatic carboxylic acids is 1. The van der Waals surface area contributed by atoms with Gasteiger partial charge in [-0.3, -0.25) is 4.98 Å². The molecule has 5 heteroatoms. The second-order valence-corrected chi connectivity index (χ2v) is 4.86. The first kappa shape index (κ1) is 14.0. The maximum absolute atomic E-state index is 11.1. The normalized spacial score (nSPS) is 12.2. The zero-order valence-electron chi connectivity index (χ0n) is 11.4. The molecule has 1 aromatic heterocycles. The standard InChI is InChI=1S/C15H17N3O2/c1-10(2)14(15(19)20)18-13-9-16-12(8-17-13)11-6-4-3-5-7-11/h3-10,14H,1-2H3,(H,17,18)(H,19,20)/t14-/m0/s1. The molecule has 1 atom stereocenters. The molecule has 0 amide bonds. The summed E-state index contributed by atoms with van der Waals surface area (Å²) >= 11 is 0. The van der Waals surface area contributed by atoms with Crippen LogP contribution in [0.5, 0.6) is 0 Å². The average molecular weight is 271 g/mol. The number of hydrogen-bond acceptors (Lipinski definition) is 4. The topological polar surface area (TPSA) is 75.1 Å². The van der Waals surface area contributed by atoms with Crippen molar-refractivity contribution >= 4 is 11.8 Å². The van der Waals surface area contributed by atoms with Crippen LogP contribution in [0.15, 0.2) is 42.7 Å². The van der Waals surface area contributed by atoms with E-state index >= 15 is 0 Å². The molecule has 1 heterocycles. The predicted molar refractivity (Wildman–Crippen MR) is 77.4 cm³/mol. The maximum Gasteiger partial charge on any atom is 0.326 e. The summed E-state index contributed by atoms with van der Waals surface area (Å²) in [4.78, 5) is 19.6. The van der Waals surface area contributed by atoms with Gasteiger partial charge in [0, 0.05) is 5.56 Å². The summed E-state index contributed by atoms with van der Waals surface area (Å²) in [5, 5.41) is 12.0. The highest BCUT2D eigenvalue weighted by atomic mass is 16.4. The second-order valence-electron chi connectivity index (χ2n) is 4.86. The molecule has 0 aliphatic rings. The fourth-order valence-electron chi connectivity index (χ4n) is 1.83. The Hall–Kier alpha value is -2.43. The molecule has 1 aromatic carbocycles. The van der Waals surface area contributed by atoms with Crippen LogP contribution < -0.4 is 5.32 Å². The van der Waals surface area contributed by atoms with Gasteiger partial charge >= 0.3 is 5.97 Å². The highest BCUT2D eigenvalue weighted by Crippen LogP contribution is 2.17. The van der Waals surface area contributed by atoms with Gasteiger partial charge in [0.15, 0.2) is 0 Å². The van der Waals surface area contributed by atoms with Crippen molar-refractivity contribution in [2.24, 2.45) is 5.92 Å². The van der Waals surface area contributed by atoms with Crippen LogP contribution in [0.25, 0.3) is 11.3 Å². The molecule has 0 saturated heterocycles. The van der Waals surface area contributed by atoms with Crippen LogP contribution in [0, 0.1) is 5.92 Å². The van der Waals surface area contributed by atoms with Crippen LogP contribution in [0.3, 0.4) is 0 Å². The SMILES string of the molecule is CC(C)[C@H](Nc1cnc(-c2ccccc2)cn1)C(=O)O. The van der Waals surface area contributed by atoms with Gasteiger partial charge in [-0.2, -0.15) is 0 Å². The number of carbonyl (C=O) groups is 1. The summed E-state index contributed by atoms with van der Waals surface area (Å²) in [6, 6.07) is 9.03. The first-order valence-corrected chi connectivity index (χ1v) is 6.44. The van der Waals surface area contributed by atoms with Crippen molar-refractivity contribution in [3.63, 3.8) is 0 Å². The van der Waals surface area contributed by atoms with Crippen molar-refractivity contribution in [2.45, 2.75) is 19.9 Å². The lowest BCUT2D eigenvalue weighted by Crippen LogP contribution is -2.34.